The molecule has 6 nitrogen and oxygen atoms in total. The molecule has 4 rings (SSSR count). The molecule has 0 aromatic heterocycles. The number of rotatable bonds is 6. The van der Waals surface area contributed by atoms with Crippen LogP contribution in [-0.4, -0.2) is 43.0 Å². The summed E-state index contributed by atoms with van der Waals surface area (Å²) in [4.78, 5) is 27.6. The lowest BCUT2D eigenvalue weighted by Gasteiger charge is -2.27. The van der Waals surface area contributed by atoms with Gasteiger partial charge in [0.05, 0.1) is 18.8 Å². The van der Waals surface area contributed by atoms with E-state index in [9.17, 15) is 9.59 Å². The maximum Gasteiger partial charge on any atom is 0.259 e. The molecule has 1 saturated heterocycles. The monoisotopic (exact) mass is 494 g/mol. The van der Waals surface area contributed by atoms with Gasteiger partial charge in [-0.3, -0.25) is 9.59 Å². The Morgan fingerprint density at radius 1 is 0.969 bits per heavy atom. The zero-order valence-corrected chi connectivity index (χ0v) is 19.0. The van der Waals surface area contributed by atoms with Gasteiger partial charge in [0.15, 0.2) is 0 Å². The van der Waals surface area contributed by atoms with Gasteiger partial charge in [-0.15, -0.1) is 0 Å². The van der Waals surface area contributed by atoms with E-state index in [1.54, 1.807) is 41.3 Å². The second-order valence-electron chi connectivity index (χ2n) is 7.35. The summed E-state index contributed by atoms with van der Waals surface area (Å²) in [5.74, 6) is 0.0965. The van der Waals surface area contributed by atoms with E-state index >= 15 is 0 Å². The highest BCUT2D eigenvalue weighted by Gasteiger charge is 2.19. The van der Waals surface area contributed by atoms with Crippen LogP contribution in [-0.2, 0) is 11.3 Å². The molecule has 0 atom stereocenters. The summed E-state index contributed by atoms with van der Waals surface area (Å²) in [6.45, 7) is 2.56. The van der Waals surface area contributed by atoms with E-state index in [-0.39, 0.29) is 11.8 Å². The van der Waals surface area contributed by atoms with Crippen LogP contribution in [0.4, 0.5) is 5.69 Å². The third-order valence-corrected chi connectivity index (χ3v) is 5.58. The number of benzene rings is 3. The number of nitrogens with one attached hydrogen (secondary N) is 1. The molecule has 1 fully saturated rings. The fourth-order valence-electron chi connectivity index (χ4n) is 3.42. The van der Waals surface area contributed by atoms with Crippen LogP contribution in [0.1, 0.15) is 26.3 Å². The van der Waals surface area contributed by atoms with Crippen molar-refractivity contribution < 1.29 is 19.1 Å². The predicted molar refractivity (Wildman–Crippen MR) is 126 cm³/mol. The zero-order valence-electron chi connectivity index (χ0n) is 17.4. The number of carbonyl (C=O) groups is 2. The van der Waals surface area contributed by atoms with E-state index in [4.69, 9.17) is 9.47 Å². The van der Waals surface area contributed by atoms with Crippen LogP contribution in [0.2, 0.25) is 0 Å². The van der Waals surface area contributed by atoms with Crippen LogP contribution in [0.15, 0.2) is 77.3 Å². The van der Waals surface area contributed by atoms with E-state index in [0.717, 1.165) is 10.0 Å². The minimum Gasteiger partial charge on any atom is -0.488 e. The molecular weight excluding hydrogens is 472 g/mol. The van der Waals surface area contributed by atoms with Gasteiger partial charge in [-0.05, 0) is 42.0 Å². The molecule has 0 bridgehead atoms. The van der Waals surface area contributed by atoms with Crippen LogP contribution < -0.4 is 10.1 Å². The van der Waals surface area contributed by atoms with Crippen LogP contribution in [0.25, 0.3) is 0 Å². The molecule has 1 aliphatic rings. The second-order valence-corrected chi connectivity index (χ2v) is 8.27. The van der Waals surface area contributed by atoms with Crippen LogP contribution >= 0.6 is 15.9 Å². The highest BCUT2D eigenvalue weighted by Crippen LogP contribution is 2.26. The molecule has 0 unspecified atom stereocenters. The highest BCUT2D eigenvalue weighted by molar-refractivity contribution is 9.10. The van der Waals surface area contributed by atoms with Crippen molar-refractivity contribution in [2.24, 2.45) is 0 Å². The molecule has 1 N–H and O–H groups in total. The number of anilines is 1. The lowest BCUT2D eigenvalue weighted by Crippen LogP contribution is -2.40. The summed E-state index contributed by atoms with van der Waals surface area (Å²) in [7, 11) is 0. The summed E-state index contributed by atoms with van der Waals surface area (Å²) in [5.41, 5.74) is 2.49. The van der Waals surface area contributed by atoms with Gasteiger partial charge in [0.1, 0.15) is 12.4 Å². The molecule has 0 saturated carbocycles. The number of carbonyl (C=O) groups excluding carboxylic acids is 2. The second kappa shape index (κ2) is 10.4. The van der Waals surface area contributed by atoms with Crippen molar-refractivity contribution in [3.05, 3.63) is 94.0 Å². The molecular formula is C25H23BrN2O4. The third-order valence-electron chi connectivity index (χ3n) is 5.09. The van der Waals surface area contributed by atoms with Gasteiger partial charge in [-0.2, -0.15) is 0 Å². The Bertz CT molecular complexity index is 1100. The maximum atomic E-state index is 13.1. The normalized spacial score (nSPS) is 13.5. The number of halogens is 1. The van der Waals surface area contributed by atoms with Crippen molar-refractivity contribution in [1.82, 2.24) is 4.90 Å². The van der Waals surface area contributed by atoms with Gasteiger partial charge < -0.3 is 19.7 Å². The number of hydrogen-bond acceptors (Lipinski definition) is 4. The SMILES string of the molecule is O=C(Nc1cccc(C(=O)N2CCOCC2)c1)c1cc(Br)ccc1OCc1ccccc1. The summed E-state index contributed by atoms with van der Waals surface area (Å²) >= 11 is 3.42. The Kier molecular flexibility index (Phi) is 7.19. The van der Waals surface area contributed by atoms with Crippen molar-refractivity contribution in [3.63, 3.8) is 0 Å². The molecule has 1 heterocycles. The Balaban J connectivity index is 1.49. The van der Waals surface area contributed by atoms with E-state index < -0.39 is 0 Å². The fourth-order valence-corrected chi connectivity index (χ4v) is 3.78. The number of nitrogens with zero attached hydrogens (tertiary/aromatic N) is 1. The van der Waals surface area contributed by atoms with Gasteiger partial charge in [0.2, 0.25) is 0 Å². The minimum atomic E-state index is -0.315. The minimum absolute atomic E-state index is 0.0706. The number of ether oxygens (including phenoxy) is 2. The van der Waals surface area contributed by atoms with Crippen LogP contribution in [0, 0.1) is 0 Å². The zero-order chi connectivity index (χ0) is 22.3. The summed E-state index contributed by atoms with van der Waals surface area (Å²) in [6.07, 6.45) is 0. The van der Waals surface area contributed by atoms with Crippen molar-refractivity contribution in [2.75, 3.05) is 31.6 Å². The molecule has 0 spiro atoms. The molecule has 0 radical (unpaired) electrons. The number of hydrogen-bond donors (Lipinski definition) is 1. The van der Waals surface area contributed by atoms with Gasteiger partial charge in [0, 0.05) is 28.8 Å². The first-order valence-corrected chi connectivity index (χ1v) is 11.1. The highest BCUT2D eigenvalue weighted by atomic mass is 79.9. The number of morpholine rings is 1. The van der Waals surface area contributed by atoms with E-state index in [2.05, 4.69) is 21.2 Å². The quantitative estimate of drug-likeness (QED) is 0.536. The van der Waals surface area contributed by atoms with Crippen molar-refractivity contribution in [3.8, 4) is 5.75 Å². The predicted octanol–water partition coefficient (Wildman–Crippen LogP) is 4.75. The molecule has 3 aromatic rings. The smallest absolute Gasteiger partial charge is 0.259 e. The van der Waals surface area contributed by atoms with Crippen molar-refractivity contribution in [1.29, 1.82) is 0 Å². The Morgan fingerprint density at radius 2 is 1.75 bits per heavy atom. The van der Waals surface area contributed by atoms with Crippen molar-refractivity contribution >= 4 is 33.4 Å². The first kappa shape index (κ1) is 22.0. The molecule has 0 aliphatic carbocycles. The lowest BCUT2D eigenvalue weighted by atomic mass is 10.1. The van der Waals surface area contributed by atoms with Gasteiger partial charge >= 0.3 is 0 Å². The maximum absolute atomic E-state index is 13.1. The molecule has 1 aliphatic heterocycles. The first-order valence-electron chi connectivity index (χ1n) is 10.3. The third kappa shape index (κ3) is 5.55. The Morgan fingerprint density at radius 3 is 2.53 bits per heavy atom. The molecule has 3 aromatic carbocycles. The van der Waals surface area contributed by atoms with Crippen molar-refractivity contribution in [2.45, 2.75) is 6.61 Å². The first-order chi connectivity index (χ1) is 15.6. The van der Waals surface area contributed by atoms with Gasteiger partial charge in [0.25, 0.3) is 11.8 Å². The fraction of sp³-hybridized carbons (Fsp3) is 0.200. The largest absolute Gasteiger partial charge is 0.488 e. The topological polar surface area (TPSA) is 67.9 Å². The molecule has 32 heavy (non-hydrogen) atoms. The summed E-state index contributed by atoms with van der Waals surface area (Å²) in [5, 5.41) is 2.89. The van der Waals surface area contributed by atoms with Crippen LogP contribution in [0.3, 0.4) is 0 Å². The number of amides is 2. The lowest BCUT2D eigenvalue weighted by molar-refractivity contribution is 0.0303. The Labute approximate surface area is 195 Å². The van der Waals surface area contributed by atoms with Gasteiger partial charge in [-0.1, -0.05) is 52.3 Å². The van der Waals surface area contributed by atoms with Crippen LogP contribution in [0.5, 0.6) is 5.75 Å². The average Bonchev–Trinajstić information content (AvgIpc) is 2.84. The molecule has 2 amide bonds. The van der Waals surface area contributed by atoms with Gasteiger partial charge in [-0.25, -0.2) is 0 Å². The Hall–Kier alpha value is -3.16. The standard InChI is InChI=1S/C25H23BrN2O4/c26-20-9-10-23(32-17-18-5-2-1-3-6-18)22(16-20)24(29)27-21-8-4-7-19(15-21)25(30)28-11-13-31-14-12-28/h1-10,15-16H,11-14,17H2,(H,27,29). The average molecular weight is 495 g/mol. The van der Waals surface area contributed by atoms with E-state index in [0.29, 0.717) is 55.5 Å². The summed E-state index contributed by atoms with van der Waals surface area (Å²) < 4.78 is 12.0. The molecule has 7 heteroatoms. The summed E-state index contributed by atoms with van der Waals surface area (Å²) in [6, 6.07) is 22.0. The van der Waals surface area contributed by atoms with E-state index in [1.165, 1.54) is 0 Å². The van der Waals surface area contributed by atoms with E-state index in [1.807, 2.05) is 36.4 Å². The molecule has 164 valence electrons.